The van der Waals surface area contributed by atoms with E-state index in [9.17, 15) is 14.6 Å². The highest BCUT2D eigenvalue weighted by Crippen LogP contribution is 2.42. The van der Waals surface area contributed by atoms with E-state index >= 15 is 0 Å². The van der Waals surface area contributed by atoms with Gasteiger partial charge in [0.25, 0.3) is 0 Å². The van der Waals surface area contributed by atoms with E-state index in [4.69, 9.17) is 16.9 Å². The predicted molar refractivity (Wildman–Crippen MR) is 74.1 cm³/mol. The lowest BCUT2D eigenvalue weighted by Crippen LogP contribution is -2.42. The molecule has 0 saturated carbocycles. The van der Waals surface area contributed by atoms with Gasteiger partial charge in [-0.15, -0.1) is 6.42 Å². The molecule has 116 valence electrons. The second-order valence-corrected chi connectivity index (χ2v) is 5.05. The van der Waals surface area contributed by atoms with E-state index in [1.807, 2.05) is 5.92 Å². The molecule has 3 heterocycles. The highest BCUT2D eigenvalue weighted by Gasteiger charge is 2.57. The summed E-state index contributed by atoms with van der Waals surface area (Å²) >= 11 is 0. The Bertz CT molecular complexity index is 773. The van der Waals surface area contributed by atoms with Gasteiger partial charge in [0.15, 0.2) is 17.7 Å². The van der Waals surface area contributed by atoms with Gasteiger partial charge in [0, 0.05) is 0 Å². The van der Waals surface area contributed by atoms with Crippen LogP contribution in [-0.4, -0.2) is 54.2 Å². The fraction of sp³-hybridized carbons (Fsp3) is 0.462. The molecule has 0 bridgehead atoms. The first kappa shape index (κ1) is 14.6. The van der Waals surface area contributed by atoms with Gasteiger partial charge in [-0.2, -0.15) is 0 Å². The number of nitrogen functional groups attached to an aromatic ring is 1. The number of aliphatic hydroxyl groups is 2. The Balaban J connectivity index is 2.17. The van der Waals surface area contributed by atoms with E-state index in [0.717, 1.165) is 0 Å². The third-order valence-corrected chi connectivity index (χ3v) is 3.66. The fourth-order valence-corrected chi connectivity index (χ4v) is 2.55. The zero-order valence-corrected chi connectivity index (χ0v) is 11.6. The second-order valence-electron chi connectivity index (χ2n) is 5.05. The first-order valence-electron chi connectivity index (χ1n) is 6.50. The number of ether oxygens (including phenoxy) is 1. The minimum atomic E-state index is -2.53. The lowest BCUT2D eigenvalue weighted by atomic mass is 9.97. The highest BCUT2D eigenvalue weighted by atomic mass is 19.1. The molecule has 0 spiro atoms. The van der Waals surface area contributed by atoms with Crippen LogP contribution < -0.4 is 5.73 Å². The third kappa shape index (κ3) is 1.85. The number of hydrogen-bond acceptors (Lipinski definition) is 7. The maximum absolute atomic E-state index is 15.0. The largest absolute Gasteiger partial charge is 0.394 e. The Morgan fingerprint density at radius 3 is 2.95 bits per heavy atom. The summed E-state index contributed by atoms with van der Waals surface area (Å²) in [6.07, 6.45) is 2.29. The number of imidazole rings is 1. The van der Waals surface area contributed by atoms with Crippen LogP contribution in [0.2, 0.25) is 0 Å². The number of aromatic nitrogens is 4. The second kappa shape index (κ2) is 4.88. The number of terminal acetylenes is 1. The number of nitrogens with zero attached hydrogens (tertiary/aromatic N) is 4. The average molecular weight is 307 g/mol. The quantitative estimate of drug-likeness (QED) is 0.628. The maximum atomic E-state index is 15.0. The molecule has 1 saturated heterocycles. The summed E-state index contributed by atoms with van der Waals surface area (Å²) < 4.78 is 21.6. The molecule has 1 aliphatic rings. The summed E-state index contributed by atoms with van der Waals surface area (Å²) in [5.74, 6) is 2.42. The molecule has 22 heavy (non-hydrogen) atoms. The van der Waals surface area contributed by atoms with E-state index in [1.165, 1.54) is 10.9 Å². The van der Waals surface area contributed by atoms with Crippen LogP contribution in [0.1, 0.15) is 12.1 Å². The number of rotatable bonds is 2. The number of alkyl halides is 1. The van der Waals surface area contributed by atoms with E-state index in [-0.39, 0.29) is 17.0 Å². The van der Waals surface area contributed by atoms with Gasteiger partial charge in [-0.1, -0.05) is 5.92 Å². The van der Waals surface area contributed by atoms with Crippen molar-refractivity contribution in [3.8, 4) is 12.3 Å². The normalized spacial score (nSPS) is 31.5. The Morgan fingerprint density at radius 1 is 1.59 bits per heavy atom. The van der Waals surface area contributed by atoms with Gasteiger partial charge < -0.3 is 20.7 Å². The van der Waals surface area contributed by atoms with Crippen molar-refractivity contribution in [3.63, 3.8) is 0 Å². The SMILES string of the molecule is C#C[C@@]1(F)[C@H](O)[C@@H](CO)O[C@H]1n1cnc2c(N)nc(C)nc21. The number of fused-ring (bicyclic) bond motifs is 1. The smallest absolute Gasteiger partial charge is 0.243 e. The molecule has 9 heteroatoms. The number of nitrogens with two attached hydrogens (primary N) is 1. The van der Waals surface area contributed by atoms with Crippen LogP contribution in [0.15, 0.2) is 6.33 Å². The number of aryl methyl sites for hydroxylation is 1. The zero-order chi connectivity index (χ0) is 16.1. The van der Waals surface area contributed by atoms with Gasteiger partial charge in [0.1, 0.15) is 23.5 Å². The molecular formula is C13H14FN5O3. The minimum Gasteiger partial charge on any atom is -0.394 e. The summed E-state index contributed by atoms with van der Waals surface area (Å²) in [6.45, 7) is 1.05. The van der Waals surface area contributed by atoms with Crippen LogP contribution in [0.4, 0.5) is 10.2 Å². The number of halogens is 1. The van der Waals surface area contributed by atoms with Crippen molar-refractivity contribution in [1.82, 2.24) is 19.5 Å². The summed E-state index contributed by atoms with van der Waals surface area (Å²) in [6, 6.07) is 0. The predicted octanol–water partition coefficient (Wildman–Crippen LogP) is -0.691. The van der Waals surface area contributed by atoms with Crippen molar-refractivity contribution in [2.75, 3.05) is 12.3 Å². The fourth-order valence-electron chi connectivity index (χ4n) is 2.55. The lowest BCUT2D eigenvalue weighted by molar-refractivity contribution is -0.0504. The molecule has 0 aliphatic carbocycles. The molecule has 4 N–H and O–H groups in total. The van der Waals surface area contributed by atoms with Crippen LogP contribution in [0.3, 0.4) is 0 Å². The van der Waals surface area contributed by atoms with Gasteiger partial charge in [-0.25, -0.2) is 19.3 Å². The molecule has 0 unspecified atom stereocenters. The molecule has 2 aromatic heterocycles. The number of hydrogen-bond donors (Lipinski definition) is 3. The molecule has 1 aliphatic heterocycles. The molecule has 0 aromatic carbocycles. The summed E-state index contributed by atoms with van der Waals surface area (Å²) in [5.41, 5.74) is 3.73. The Hall–Kier alpha value is -2.28. The Kier molecular flexibility index (Phi) is 3.25. The van der Waals surface area contributed by atoms with Gasteiger partial charge >= 0.3 is 0 Å². The summed E-state index contributed by atoms with van der Waals surface area (Å²) in [5, 5.41) is 19.2. The average Bonchev–Trinajstić information content (AvgIpc) is 3.00. The van der Waals surface area contributed by atoms with Crippen LogP contribution >= 0.6 is 0 Å². The number of aliphatic hydroxyl groups excluding tert-OH is 2. The monoisotopic (exact) mass is 307 g/mol. The molecule has 8 nitrogen and oxygen atoms in total. The Morgan fingerprint density at radius 2 is 2.32 bits per heavy atom. The van der Waals surface area contributed by atoms with Gasteiger partial charge in [0.05, 0.1) is 12.9 Å². The standard InChI is InChI=1S/C13H14FN5O3/c1-3-13(14)9(21)7(4-20)22-12(13)19-5-16-8-10(15)17-6(2)18-11(8)19/h1,5,7,9,12,20-21H,4H2,2H3,(H2,15,17,18)/t7-,9-,12-,13-/m1/s1. The summed E-state index contributed by atoms with van der Waals surface area (Å²) in [4.78, 5) is 12.2. The van der Waals surface area contributed by atoms with Crippen molar-refractivity contribution in [2.24, 2.45) is 0 Å². The molecular weight excluding hydrogens is 293 g/mol. The van der Waals surface area contributed by atoms with Gasteiger partial charge in [0.2, 0.25) is 5.67 Å². The zero-order valence-electron chi connectivity index (χ0n) is 11.6. The first-order valence-corrected chi connectivity index (χ1v) is 6.50. The van der Waals surface area contributed by atoms with E-state index < -0.39 is 30.7 Å². The Labute approximate surface area is 124 Å². The molecule has 2 aromatic rings. The molecule has 3 rings (SSSR count). The molecule has 0 amide bonds. The van der Waals surface area contributed by atoms with Crippen LogP contribution in [0.5, 0.6) is 0 Å². The van der Waals surface area contributed by atoms with Crippen molar-refractivity contribution in [2.45, 2.75) is 31.0 Å². The minimum absolute atomic E-state index is 0.142. The van der Waals surface area contributed by atoms with Crippen molar-refractivity contribution in [1.29, 1.82) is 0 Å². The molecule has 4 atom stereocenters. The van der Waals surface area contributed by atoms with Gasteiger partial charge in [-0.05, 0) is 6.92 Å². The van der Waals surface area contributed by atoms with Gasteiger partial charge in [-0.3, -0.25) is 4.57 Å². The lowest BCUT2D eigenvalue weighted by Gasteiger charge is -2.23. The number of anilines is 1. The van der Waals surface area contributed by atoms with Crippen molar-refractivity contribution >= 4 is 17.0 Å². The van der Waals surface area contributed by atoms with Crippen LogP contribution in [0, 0.1) is 19.3 Å². The van der Waals surface area contributed by atoms with E-state index in [0.29, 0.717) is 5.82 Å². The maximum Gasteiger partial charge on any atom is 0.243 e. The van der Waals surface area contributed by atoms with Crippen molar-refractivity contribution in [3.05, 3.63) is 12.2 Å². The molecule has 0 radical (unpaired) electrons. The first-order chi connectivity index (χ1) is 10.4. The summed E-state index contributed by atoms with van der Waals surface area (Å²) in [7, 11) is 0. The van der Waals surface area contributed by atoms with E-state index in [2.05, 4.69) is 15.0 Å². The third-order valence-electron chi connectivity index (χ3n) is 3.66. The van der Waals surface area contributed by atoms with E-state index in [1.54, 1.807) is 6.92 Å². The highest BCUT2D eigenvalue weighted by molar-refractivity contribution is 5.81. The topological polar surface area (TPSA) is 119 Å². The van der Waals surface area contributed by atoms with Crippen LogP contribution in [-0.2, 0) is 4.74 Å². The van der Waals surface area contributed by atoms with Crippen molar-refractivity contribution < 1.29 is 19.3 Å². The molecule has 1 fully saturated rings. The van der Waals surface area contributed by atoms with Crippen LogP contribution in [0.25, 0.3) is 11.2 Å².